The molecule has 2 nitrogen and oxygen atoms in total. The summed E-state index contributed by atoms with van der Waals surface area (Å²) in [4.78, 5) is 0. The lowest BCUT2D eigenvalue weighted by molar-refractivity contribution is 0.240. The standard InChI is InChI=1S/C16H17F2NO/c17-14-6-7-16(18)13(9-14)10-19-15(11-20)8-12-4-2-1-3-5-12/h1-7,9,15,19-20H,8,10-11H2/t15-/m0/s1. The first-order chi connectivity index (χ1) is 9.69. The molecule has 0 unspecified atom stereocenters. The molecule has 0 saturated heterocycles. The van der Waals surface area contributed by atoms with Gasteiger partial charge in [-0.2, -0.15) is 0 Å². The van der Waals surface area contributed by atoms with Gasteiger partial charge in [-0.05, 0) is 30.2 Å². The maximum Gasteiger partial charge on any atom is 0.127 e. The molecule has 2 aromatic rings. The number of benzene rings is 2. The first kappa shape index (κ1) is 14.6. The third-order valence-electron chi connectivity index (χ3n) is 3.13. The highest BCUT2D eigenvalue weighted by atomic mass is 19.1. The van der Waals surface area contributed by atoms with Gasteiger partial charge in [0.2, 0.25) is 0 Å². The Morgan fingerprint density at radius 3 is 2.50 bits per heavy atom. The van der Waals surface area contributed by atoms with Crippen molar-refractivity contribution in [3.8, 4) is 0 Å². The Morgan fingerprint density at radius 1 is 1.05 bits per heavy atom. The summed E-state index contributed by atoms with van der Waals surface area (Å²) in [5.41, 5.74) is 1.34. The largest absolute Gasteiger partial charge is 0.395 e. The van der Waals surface area contributed by atoms with Crippen molar-refractivity contribution in [3.63, 3.8) is 0 Å². The molecule has 0 saturated carbocycles. The number of aliphatic hydroxyl groups excluding tert-OH is 1. The third-order valence-corrected chi connectivity index (χ3v) is 3.13. The lowest BCUT2D eigenvalue weighted by Crippen LogP contribution is -2.34. The first-order valence-electron chi connectivity index (χ1n) is 6.51. The molecule has 106 valence electrons. The Bertz CT molecular complexity index is 545. The molecule has 0 aliphatic heterocycles. The van der Waals surface area contributed by atoms with E-state index >= 15 is 0 Å². The fourth-order valence-corrected chi connectivity index (χ4v) is 2.03. The van der Waals surface area contributed by atoms with Gasteiger partial charge in [0.1, 0.15) is 11.6 Å². The molecule has 4 heteroatoms. The zero-order valence-electron chi connectivity index (χ0n) is 11.0. The van der Waals surface area contributed by atoms with Crippen molar-refractivity contribution in [3.05, 3.63) is 71.3 Å². The molecule has 20 heavy (non-hydrogen) atoms. The predicted octanol–water partition coefficient (Wildman–Crippen LogP) is 2.66. The number of rotatable bonds is 6. The Morgan fingerprint density at radius 2 is 1.80 bits per heavy atom. The van der Waals surface area contributed by atoms with Crippen LogP contribution in [0.15, 0.2) is 48.5 Å². The Hall–Kier alpha value is -1.78. The minimum atomic E-state index is -0.466. The van der Waals surface area contributed by atoms with Crippen molar-refractivity contribution in [1.82, 2.24) is 5.32 Å². The van der Waals surface area contributed by atoms with Gasteiger partial charge in [-0.1, -0.05) is 30.3 Å². The van der Waals surface area contributed by atoms with E-state index in [2.05, 4.69) is 5.32 Å². The monoisotopic (exact) mass is 277 g/mol. The Kier molecular flexibility index (Phi) is 5.21. The second-order valence-corrected chi connectivity index (χ2v) is 4.69. The summed E-state index contributed by atoms with van der Waals surface area (Å²) in [5, 5.41) is 12.4. The minimum absolute atomic E-state index is 0.0637. The molecule has 0 radical (unpaired) electrons. The van der Waals surface area contributed by atoms with Crippen LogP contribution in [0.25, 0.3) is 0 Å². The van der Waals surface area contributed by atoms with Crippen molar-refractivity contribution in [1.29, 1.82) is 0 Å². The first-order valence-corrected chi connectivity index (χ1v) is 6.51. The average molecular weight is 277 g/mol. The molecule has 0 amide bonds. The van der Waals surface area contributed by atoms with E-state index in [4.69, 9.17) is 0 Å². The van der Waals surface area contributed by atoms with Crippen LogP contribution >= 0.6 is 0 Å². The van der Waals surface area contributed by atoms with Crippen LogP contribution in [0.5, 0.6) is 0 Å². The van der Waals surface area contributed by atoms with Crippen molar-refractivity contribution < 1.29 is 13.9 Å². The van der Waals surface area contributed by atoms with Crippen molar-refractivity contribution >= 4 is 0 Å². The maximum absolute atomic E-state index is 13.5. The Balaban J connectivity index is 1.95. The third kappa shape index (κ3) is 4.11. The van der Waals surface area contributed by atoms with E-state index in [0.29, 0.717) is 6.42 Å². The van der Waals surface area contributed by atoms with Crippen molar-refractivity contribution in [2.75, 3.05) is 6.61 Å². The molecule has 0 bridgehead atoms. The fraction of sp³-hybridized carbons (Fsp3) is 0.250. The van der Waals surface area contributed by atoms with Crippen molar-refractivity contribution in [2.24, 2.45) is 0 Å². The lowest BCUT2D eigenvalue weighted by atomic mass is 10.1. The van der Waals surface area contributed by atoms with Gasteiger partial charge in [-0.3, -0.25) is 0 Å². The second-order valence-electron chi connectivity index (χ2n) is 4.69. The highest BCUT2D eigenvalue weighted by Crippen LogP contribution is 2.10. The van der Waals surface area contributed by atoms with Gasteiger partial charge in [-0.25, -0.2) is 8.78 Å². The molecule has 0 aromatic heterocycles. The van der Waals surface area contributed by atoms with E-state index < -0.39 is 11.6 Å². The van der Waals surface area contributed by atoms with Crippen LogP contribution < -0.4 is 5.32 Å². The topological polar surface area (TPSA) is 32.3 Å². The second kappa shape index (κ2) is 7.12. The van der Waals surface area contributed by atoms with Crippen LogP contribution in [0, 0.1) is 11.6 Å². The zero-order valence-corrected chi connectivity index (χ0v) is 11.0. The van der Waals surface area contributed by atoms with Gasteiger partial charge in [0.05, 0.1) is 6.61 Å². The summed E-state index contributed by atoms with van der Waals surface area (Å²) in [6.45, 7) is 0.119. The molecular weight excluding hydrogens is 260 g/mol. The van der Waals surface area contributed by atoms with Crippen LogP contribution in [-0.4, -0.2) is 17.8 Å². The van der Waals surface area contributed by atoms with Gasteiger partial charge in [0.15, 0.2) is 0 Å². The SMILES string of the molecule is OC[C@H](Cc1ccccc1)NCc1cc(F)ccc1F. The molecular formula is C16H17F2NO. The fourth-order valence-electron chi connectivity index (χ4n) is 2.03. The number of nitrogens with one attached hydrogen (secondary N) is 1. The summed E-state index contributed by atoms with van der Waals surface area (Å²) >= 11 is 0. The quantitative estimate of drug-likeness (QED) is 0.851. The van der Waals surface area contributed by atoms with E-state index in [9.17, 15) is 13.9 Å². The van der Waals surface area contributed by atoms with Gasteiger partial charge >= 0.3 is 0 Å². The minimum Gasteiger partial charge on any atom is -0.395 e. The normalized spacial score (nSPS) is 12.3. The molecule has 2 rings (SSSR count). The van der Waals surface area contributed by atoms with Crippen LogP contribution in [-0.2, 0) is 13.0 Å². The Labute approximate surface area is 117 Å². The molecule has 0 spiro atoms. The zero-order chi connectivity index (χ0) is 14.4. The van der Waals surface area contributed by atoms with Gasteiger partial charge in [0.25, 0.3) is 0 Å². The highest BCUT2D eigenvalue weighted by Gasteiger charge is 2.10. The summed E-state index contributed by atoms with van der Waals surface area (Å²) in [7, 11) is 0. The number of aliphatic hydroxyl groups is 1. The van der Waals surface area contributed by atoms with E-state index in [0.717, 1.165) is 17.7 Å². The van der Waals surface area contributed by atoms with E-state index in [-0.39, 0.29) is 24.8 Å². The van der Waals surface area contributed by atoms with Crippen LogP contribution in [0.2, 0.25) is 0 Å². The predicted molar refractivity (Wildman–Crippen MR) is 74.2 cm³/mol. The average Bonchev–Trinajstić information content (AvgIpc) is 2.47. The van der Waals surface area contributed by atoms with E-state index in [1.807, 2.05) is 30.3 Å². The van der Waals surface area contributed by atoms with Gasteiger partial charge < -0.3 is 10.4 Å². The molecule has 0 fully saturated rings. The number of hydrogen-bond donors (Lipinski definition) is 2. The van der Waals surface area contributed by atoms with Gasteiger partial charge in [-0.15, -0.1) is 0 Å². The molecule has 2 aromatic carbocycles. The maximum atomic E-state index is 13.5. The van der Waals surface area contributed by atoms with E-state index in [1.165, 1.54) is 6.07 Å². The van der Waals surface area contributed by atoms with Gasteiger partial charge in [0, 0.05) is 18.2 Å². The number of halogens is 2. The molecule has 0 aliphatic rings. The van der Waals surface area contributed by atoms with E-state index in [1.54, 1.807) is 0 Å². The van der Waals surface area contributed by atoms with Crippen molar-refractivity contribution in [2.45, 2.75) is 19.0 Å². The number of hydrogen-bond acceptors (Lipinski definition) is 2. The van der Waals surface area contributed by atoms with Crippen LogP contribution in [0.3, 0.4) is 0 Å². The van der Waals surface area contributed by atoms with Crippen LogP contribution in [0.1, 0.15) is 11.1 Å². The molecule has 2 N–H and O–H groups in total. The smallest absolute Gasteiger partial charge is 0.127 e. The summed E-state index contributed by atoms with van der Waals surface area (Å²) in [5.74, 6) is -0.915. The summed E-state index contributed by atoms with van der Waals surface area (Å²) < 4.78 is 26.5. The molecule has 1 atom stereocenters. The molecule has 0 aliphatic carbocycles. The summed E-state index contributed by atoms with van der Waals surface area (Å²) in [6, 6.07) is 12.9. The molecule has 0 heterocycles. The van der Waals surface area contributed by atoms with Crippen LogP contribution in [0.4, 0.5) is 8.78 Å². The summed E-state index contributed by atoms with van der Waals surface area (Å²) in [6.07, 6.45) is 0.633. The highest BCUT2D eigenvalue weighted by molar-refractivity contribution is 5.19. The lowest BCUT2D eigenvalue weighted by Gasteiger charge is -2.16.